The monoisotopic (exact) mass is 236 g/mol. The molecule has 0 saturated heterocycles. The minimum atomic E-state index is -0.131. The van der Waals surface area contributed by atoms with E-state index in [1.54, 1.807) is 7.05 Å². The third-order valence-electron chi connectivity index (χ3n) is 2.70. The van der Waals surface area contributed by atoms with Crippen LogP contribution in [0.3, 0.4) is 0 Å². The maximum atomic E-state index is 11.2. The van der Waals surface area contributed by atoms with Crippen LogP contribution in [0.4, 0.5) is 0 Å². The first-order chi connectivity index (χ1) is 8.08. The van der Waals surface area contributed by atoms with E-state index >= 15 is 0 Å². The van der Waals surface area contributed by atoms with E-state index in [0.717, 1.165) is 11.3 Å². The molecule has 94 valence electrons. The molecule has 0 heterocycles. The second-order valence-corrected chi connectivity index (χ2v) is 4.01. The van der Waals surface area contributed by atoms with Crippen molar-refractivity contribution in [2.75, 3.05) is 20.7 Å². The van der Waals surface area contributed by atoms with E-state index in [2.05, 4.69) is 23.6 Å². The summed E-state index contributed by atoms with van der Waals surface area (Å²) in [5.41, 5.74) is 2.24. The van der Waals surface area contributed by atoms with Gasteiger partial charge in [-0.1, -0.05) is 17.7 Å². The fourth-order valence-corrected chi connectivity index (χ4v) is 1.51. The predicted octanol–water partition coefficient (Wildman–Crippen LogP) is 1.40. The molecular weight excluding hydrogens is 216 g/mol. The van der Waals surface area contributed by atoms with Gasteiger partial charge in [0.1, 0.15) is 5.75 Å². The van der Waals surface area contributed by atoms with Crippen LogP contribution in [0.5, 0.6) is 5.75 Å². The van der Waals surface area contributed by atoms with Crippen molar-refractivity contribution in [3.05, 3.63) is 29.3 Å². The Morgan fingerprint density at radius 3 is 2.71 bits per heavy atom. The third kappa shape index (κ3) is 3.75. The largest absolute Gasteiger partial charge is 0.483 e. The summed E-state index contributed by atoms with van der Waals surface area (Å²) in [6.07, 6.45) is 0. The molecule has 1 aromatic carbocycles. The zero-order valence-electron chi connectivity index (χ0n) is 10.8. The molecule has 0 spiro atoms. The molecule has 1 amide bonds. The number of amides is 1. The van der Waals surface area contributed by atoms with Gasteiger partial charge in [0, 0.05) is 18.7 Å². The number of aryl methyl sites for hydroxylation is 1. The lowest BCUT2D eigenvalue weighted by molar-refractivity contribution is -0.122. The zero-order valence-corrected chi connectivity index (χ0v) is 10.8. The normalized spacial score (nSPS) is 12.0. The average Bonchev–Trinajstić information content (AvgIpc) is 2.35. The summed E-state index contributed by atoms with van der Waals surface area (Å²) in [5.74, 6) is 0.620. The molecule has 1 unspecified atom stereocenters. The molecule has 0 aliphatic carbocycles. The summed E-state index contributed by atoms with van der Waals surface area (Å²) in [5, 5.41) is 5.70. The molecule has 0 aliphatic heterocycles. The van der Waals surface area contributed by atoms with E-state index in [4.69, 9.17) is 4.74 Å². The minimum absolute atomic E-state index is 0.0446. The second kappa shape index (κ2) is 6.25. The Bertz CT molecular complexity index is 391. The van der Waals surface area contributed by atoms with Gasteiger partial charge in [0.05, 0.1) is 0 Å². The summed E-state index contributed by atoms with van der Waals surface area (Å²) in [7, 11) is 3.49. The van der Waals surface area contributed by atoms with E-state index in [9.17, 15) is 4.79 Å². The molecule has 0 radical (unpaired) electrons. The highest BCUT2D eigenvalue weighted by molar-refractivity contribution is 5.77. The van der Waals surface area contributed by atoms with E-state index < -0.39 is 0 Å². The average molecular weight is 236 g/mol. The lowest BCUT2D eigenvalue weighted by Gasteiger charge is -2.17. The Morgan fingerprint density at radius 1 is 1.41 bits per heavy atom. The Balaban J connectivity index is 2.86. The fourth-order valence-electron chi connectivity index (χ4n) is 1.51. The number of nitrogens with one attached hydrogen (secondary N) is 2. The Kier molecular flexibility index (Phi) is 4.97. The summed E-state index contributed by atoms with van der Waals surface area (Å²) in [6, 6.07) is 6.14. The number of likely N-dealkylation sites (N-methyl/N-ethyl adjacent to an activating group) is 1. The molecule has 0 aromatic heterocycles. The van der Waals surface area contributed by atoms with Crippen molar-refractivity contribution in [3.63, 3.8) is 0 Å². The fraction of sp³-hybridized carbons (Fsp3) is 0.462. The van der Waals surface area contributed by atoms with Gasteiger partial charge in [0.2, 0.25) is 0 Å². The molecule has 1 aromatic rings. The Morgan fingerprint density at radius 2 is 2.12 bits per heavy atom. The number of hydrogen-bond donors (Lipinski definition) is 2. The highest BCUT2D eigenvalue weighted by Gasteiger charge is 2.11. The lowest BCUT2D eigenvalue weighted by atomic mass is 10.0. The van der Waals surface area contributed by atoms with E-state index in [1.165, 1.54) is 5.56 Å². The van der Waals surface area contributed by atoms with E-state index in [-0.39, 0.29) is 18.6 Å². The highest BCUT2D eigenvalue weighted by atomic mass is 16.5. The van der Waals surface area contributed by atoms with Gasteiger partial charge in [-0.05, 0) is 27.0 Å². The molecule has 1 rings (SSSR count). The molecule has 0 fully saturated rings. The van der Waals surface area contributed by atoms with Crippen molar-refractivity contribution >= 4 is 5.91 Å². The van der Waals surface area contributed by atoms with Crippen LogP contribution in [0, 0.1) is 6.92 Å². The van der Waals surface area contributed by atoms with Gasteiger partial charge >= 0.3 is 0 Å². The second-order valence-electron chi connectivity index (χ2n) is 4.01. The van der Waals surface area contributed by atoms with Crippen molar-refractivity contribution in [2.45, 2.75) is 19.9 Å². The standard InChI is InChI=1S/C13H20N2O2/c1-9-5-6-12(17-8-13(16)15-4)11(7-9)10(2)14-3/h5-7,10,14H,8H2,1-4H3,(H,15,16). The number of benzene rings is 1. The van der Waals surface area contributed by atoms with Crippen molar-refractivity contribution in [1.82, 2.24) is 10.6 Å². The maximum Gasteiger partial charge on any atom is 0.257 e. The maximum absolute atomic E-state index is 11.2. The smallest absolute Gasteiger partial charge is 0.257 e. The van der Waals surface area contributed by atoms with Crippen molar-refractivity contribution < 1.29 is 9.53 Å². The quantitative estimate of drug-likeness (QED) is 0.812. The van der Waals surface area contributed by atoms with Crippen LogP contribution >= 0.6 is 0 Å². The van der Waals surface area contributed by atoms with Crippen LogP contribution in [-0.2, 0) is 4.79 Å². The topological polar surface area (TPSA) is 50.4 Å². The van der Waals surface area contributed by atoms with Crippen molar-refractivity contribution in [1.29, 1.82) is 0 Å². The number of carbonyl (C=O) groups excluding carboxylic acids is 1. The van der Waals surface area contributed by atoms with Gasteiger partial charge in [-0.3, -0.25) is 4.79 Å². The number of rotatable bonds is 5. The molecule has 4 nitrogen and oxygen atoms in total. The van der Waals surface area contributed by atoms with Crippen LogP contribution in [-0.4, -0.2) is 26.6 Å². The van der Waals surface area contributed by atoms with Crippen LogP contribution in [0.2, 0.25) is 0 Å². The van der Waals surface area contributed by atoms with Gasteiger partial charge < -0.3 is 15.4 Å². The number of hydrogen-bond acceptors (Lipinski definition) is 3. The molecule has 0 aliphatic rings. The predicted molar refractivity (Wildman–Crippen MR) is 68.2 cm³/mol. The molecule has 0 bridgehead atoms. The van der Waals surface area contributed by atoms with Crippen LogP contribution in [0.1, 0.15) is 24.1 Å². The molecule has 2 N–H and O–H groups in total. The highest BCUT2D eigenvalue weighted by Crippen LogP contribution is 2.26. The molecule has 4 heteroatoms. The zero-order chi connectivity index (χ0) is 12.8. The first kappa shape index (κ1) is 13.5. The first-order valence-corrected chi connectivity index (χ1v) is 5.69. The van der Waals surface area contributed by atoms with Crippen molar-refractivity contribution in [2.24, 2.45) is 0 Å². The molecule has 17 heavy (non-hydrogen) atoms. The van der Waals surface area contributed by atoms with Gasteiger partial charge in [-0.25, -0.2) is 0 Å². The van der Waals surface area contributed by atoms with Gasteiger partial charge in [-0.2, -0.15) is 0 Å². The summed E-state index contributed by atoms with van der Waals surface area (Å²) in [4.78, 5) is 11.2. The van der Waals surface area contributed by atoms with Crippen molar-refractivity contribution in [3.8, 4) is 5.75 Å². The Hall–Kier alpha value is -1.55. The SMILES string of the molecule is CNC(=O)COc1ccc(C)cc1C(C)NC. The molecule has 1 atom stereocenters. The van der Waals surface area contributed by atoms with Gasteiger partial charge in [0.25, 0.3) is 5.91 Å². The number of ether oxygens (including phenoxy) is 1. The third-order valence-corrected chi connectivity index (χ3v) is 2.70. The molecular formula is C13H20N2O2. The van der Waals surface area contributed by atoms with Crippen LogP contribution in [0.25, 0.3) is 0 Å². The van der Waals surface area contributed by atoms with E-state index in [0.29, 0.717) is 0 Å². The number of carbonyl (C=O) groups is 1. The van der Waals surface area contributed by atoms with Gasteiger partial charge in [0.15, 0.2) is 6.61 Å². The van der Waals surface area contributed by atoms with Crippen LogP contribution in [0.15, 0.2) is 18.2 Å². The Labute approximate surface area is 102 Å². The minimum Gasteiger partial charge on any atom is -0.483 e. The van der Waals surface area contributed by atoms with Crippen LogP contribution < -0.4 is 15.4 Å². The van der Waals surface area contributed by atoms with E-state index in [1.807, 2.05) is 26.1 Å². The summed E-state index contributed by atoms with van der Waals surface area (Å²) in [6.45, 7) is 4.14. The first-order valence-electron chi connectivity index (χ1n) is 5.69. The summed E-state index contributed by atoms with van der Waals surface area (Å²) < 4.78 is 5.52. The summed E-state index contributed by atoms with van der Waals surface area (Å²) >= 11 is 0. The van der Waals surface area contributed by atoms with Gasteiger partial charge in [-0.15, -0.1) is 0 Å². The molecule has 0 saturated carbocycles. The lowest BCUT2D eigenvalue weighted by Crippen LogP contribution is -2.25.